The lowest BCUT2D eigenvalue weighted by Gasteiger charge is -2.10. The van der Waals surface area contributed by atoms with Gasteiger partial charge >= 0.3 is 0 Å². The van der Waals surface area contributed by atoms with E-state index in [-0.39, 0.29) is 6.26 Å². The van der Waals surface area contributed by atoms with Gasteiger partial charge in [0, 0.05) is 0 Å². The first-order valence-corrected chi connectivity index (χ1v) is 2.33. The van der Waals surface area contributed by atoms with Gasteiger partial charge in [0.2, 0.25) is 5.83 Å². The Bertz CT molecular complexity index is 208. The van der Waals surface area contributed by atoms with E-state index in [4.69, 9.17) is 0 Å². The highest BCUT2D eigenvalue weighted by molar-refractivity contribution is 5.24. The maximum absolute atomic E-state index is 12.0. The molecule has 0 aromatic heterocycles. The molecule has 1 heterocycles. The van der Waals surface area contributed by atoms with Crippen molar-refractivity contribution in [2.75, 3.05) is 0 Å². The lowest BCUT2D eigenvalue weighted by atomic mass is 10.3. The van der Waals surface area contributed by atoms with Crippen molar-refractivity contribution in [3.05, 3.63) is 23.7 Å². The van der Waals surface area contributed by atoms with Crippen LogP contribution in [0.5, 0.6) is 0 Å². The number of alkyl halides is 1. The number of halogens is 4. The topological polar surface area (TPSA) is 9.23 Å². The quantitative estimate of drug-likeness (QED) is 0.486. The smallest absolute Gasteiger partial charge is 0.292 e. The zero-order chi connectivity index (χ0) is 7.72. The molecule has 0 amide bonds. The summed E-state index contributed by atoms with van der Waals surface area (Å²) in [5.74, 6) is -5.23. The third-order valence-electron chi connectivity index (χ3n) is 0.910. The monoisotopic (exact) mass is 154 g/mol. The van der Waals surface area contributed by atoms with Crippen LogP contribution in [0.4, 0.5) is 17.6 Å². The van der Waals surface area contributed by atoms with E-state index in [0.29, 0.717) is 0 Å². The van der Waals surface area contributed by atoms with E-state index in [1.807, 2.05) is 0 Å². The molecule has 56 valence electrons. The van der Waals surface area contributed by atoms with E-state index in [9.17, 15) is 17.6 Å². The number of hydrogen-bond acceptors (Lipinski definition) is 1. The summed E-state index contributed by atoms with van der Waals surface area (Å²) in [5, 5.41) is 0. The highest BCUT2D eigenvalue weighted by atomic mass is 19.2. The van der Waals surface area contributed by atoms with Crippen molar-refractivity contribution in [3.8, 4) is 0 Å². The maximum Gasteiger partial charge on any atom is 0.292 e. The minimum atomic E-state index is -2.51. The van der Waals surface area contributed by atoms with E-state index >= 15 is 0 Å². The predicted molar refractivity (Wildman–Crippen MR) is 24.4 cm³/mol. The van der Waals surface area contributed by atoms with Crippen molar-refractivity contribution in [2.45, 2.75) is 6.36 Å². The summed E-state index contributed by atoms with van der Waals surface area (Å²) < 4.78 is 51.4. The molecule has 0 aliphatic carbocycles. The summed E-state index contributed by atoms with van der Waals surface area (Å²) in [5.41, 5.74) is 0. The summed E-state index contributed by atoms with van der Waals surface area (Å²) >= 11 is 0. The van der Waals surface area contributed by atoms with Crippen LogP contribution in [0.3, 0.4) is 0 Å². The molecule has 0 fully saturated rings. The minimum absolute atomic E-state index is 0.184. The highest BCUT2D eigenvalue weighted by Gasteiger charge is 2.26. The summed E-state index contributed by atoms with van der Waals surface area (Å²) in [7, 11) is 0. The van der Waals surface area contributed by atoms with E-state index in [2.05, 4.69) is 4.74 Å². The van der Waals surface area contributed by atoms with Crippen molar-refractivity contribution >= 4 is 0 Å². The summed E-state index contributed by atoms with van der Waals surface area (Å²) in [6, 6.07) is 0. The van der Waals surface area contributed by atoms with Gasteiger partial charge in [0.05, 0.1) is 0 Å². The molecule has 5 heteroatoms. The number of rotatable bonds is 0. The third-order valence-corrected chi connectivity index (χ3v) is 0.910. The lowest BCUT2D eigenvalue weighted by molar-refractivity contribution is 0.0245. The molecule has 0 saturated heterocycles. The van der Waals surface area contributed by atoms with Crippen LogP contribution in [0.15, 0.2) is 23.7 Å². The zero-order valence-corrected chi connectivity index (χ0v) is 4.57. The Morgan fingerprint density at radius 2 is 1.90 bits per heavy atom. The van der Waals surface area contributed by atoms with Crippen molar-refractivity contribution in [1.82, 2.24) is 0 Å². The fourth-order valence-electron chi connectivity index (χ4n) is 0.445. The van der Waals surface area contributed by atoms with E-state index < -0.39 is 23.8 Å². The fraction of sp³-hybridized carbons (Fsp3) is 0.200. The summed E-state index contributed by atoms with van der Waals surface area (Å²) in [6.07, 6.45) is -2.33. The van der Waals surface area contributed by atoms with Crippen molar-refractivity contribution in [2.24, 2.45) is 0 Å². The molecule has 0 bridgehead atoms. The molecule has 1 rings (SSSR count). The van der Waals surface area contributed by atoms with Gasteiger partial charge < -0.3 is 4.74 Å². The molecule has 1 atom stereocenters. The summed E-state index contributed by atoms with van der Waals surface area (Å²) in [6.45, 7) is 0. The number of hydrogen-bond donors (Lipinski definition) is 0. The van der Waals surface area contributed by atoms with Crippen molar-refractivity contribution in [1.29, 1.82) is 0 Å². The van der Waals surface area contributed by atoms with Gasteiger partial charge in [-0.3, -0.25) is 0 Å². The minimum Gasteiger partial charge on any atom is -0.458 e. The van der Waals surface area contributed by atoms with Crippen LogP contribution in [0.25, 0.3) is 0 Å². The Morgan fingerprint density at radius 3 is 2.40 bits per heavy atom. The Kier molecular flexibility index (Phi) is 1.65. The largest absolute Gasteiger partial charge is 0.458 e. The van der Waals surface area contributed by atoms with Crippen molar-refractivity contribution in [3.63, 3.8) is 0 Å². The summed E-state index contributed by atoms with van der Waals surface area (Å²) in [4.78, 5) is 0. The number of allylic oxidation sites excluding steroid dienone is 2. The molecule has 10 heavy (non-hydrogen) atoms. The molecule has 1 nitrogen and oxygen atoms in total. The maximum atomic E-state index is 12.0. The SMILES string of the molecule is FC1=COC(F)C(F)=C1F. The van der Waals surface area contributed by atoms with Gasteiger partial charge in [0.15, 0.2) is 11.7 Å². The van der Waals surface area contributed by atoms with Crippen LogP contribution in [0.1, 0.15) is 0 Å². The zero-order valence-electron chi connectivity index (χ0n) is 4.57. The number of ether oxygens (including phenoxy) is 1. The highest BCUT2D eigenvalue weighted by Crippen LogP contribution is 2.28. The molecular formula is C5H2F4O. The van der Waals surface area contributed by atoms with Gasteiger partial charge in [-0.05, 0) is 0 Å². The van der Waals surface area contributed by atoms with Crippen LogP contribution in [0.2, 0.25) is 0 Å². The van der Waals surface area contributed by atoms with Crippen LogP contribution >= 0.6 is 0 Å². The van der Waals surface area contributed by atoms with E-state index in [0.717, 1.165) is 0 Å². The lowest BCUT2D eigenvalue weighted by Crippen LogP contribution is -2.09. The van der Waals surface area contributed by atoms with Crippen LogP contribution in [0, 0.1) is 0 Å². The third kappa shape index (κ3) is 0.984. The standard InChI is InChI=1S/C5H2F4O/c6-2-1-10-5(9)4(8)3(2)7/h1,5H. The molecule has 1 aliphatic rings. The second-order valence-electron chi connectivity index (χ2n) is 1.58. The van der Waals surface area contributed by atoms with Gasteiger partial charge in [-0.25, -0.2) is 13.2 Å². The van der Waals surface area contributed by atoms with Gasteiger partial charge in [-0.2, -0.15) is 4.39 Å². The Balaban J connectivity index is 2.94. The second kappa shape index (κ2) is 2.32. The van der Waals surface area contributed by atoms with Gasteiger partial charge in [-0.1, -0.05) is 0 Å². The van der Waals surface area contributed by atoms with Gasteiger partial charge in [0.1, 0.15) is 6.26 Å². The predicted octanol–water partition coefficient (Wildman–Crippen LogP) is 2.27. The molecule has 0 N–H and O–H groups in total. The molecule has 0 saturated carbocycles. The van der Waals surface area contributed by atoms with Crippen LogP contribution in [-0.2, 0) is 4.74 Å². The molecule has 0 aromatic rings. The molecule has 0 radical (unpaired) electrons. The van der Waals surface area contributed by atoms with E-state index in [1.54, 1.807) is 0 Å². The second-order valence-corrected chi connectivity index (χ2v) is 1.58. The van der Waals surface area contributed by atoms with Gasteiger partial charge in [-0.15, -0.1) is 0 Å². The molecule has 0 aromatic carbocycles. The van der Waals surface area contributed by atoms with Gasteiger partial charge in [0.25, 0.3) is 6.36 Å². The average Bonchev–Trinajstić information content (AvgIpc) is 1.93. The Labute approximate surface area is 53.6 Å². The molecular weight excluding hydrogens is 152 g/mol. The molecule has 1 unspecified atom stereocenters. The first-order valence-electron chi connectivity index (χ1n) is 2.33. The van der Waals surface area contributed by atoms with Crippen molar-refractivity contribution < 1.29 is 22.3 Å². The molecule has 0 spiro atoms. The first-order chi connectivity index (χ1) is 4.63. The Hall–Kier alpha value is -1.00. The molecule has 1 aliphatic heterocycles. The van der Waals surface area contributed by atoms with Crippen LogP contribution in [-0.4, -0.2) is 6.36 Å². The van der Waals surface area contributed by atoms with E-state index in [1.165, 1.54) is 0 Å². The normalized spacial score (nSPS) is 26.0. The fourth-order valence-corrected chi connectivity index (χ4v) is 0.445. The first kappa shape index (κ1) is 7.11. The Morgan fingerprint density at radius 1 is 1.30 bits per heavy atom. The average molecular weight is 154 g/mol. The van der Waals surface area contributed by atoms with Crippen LogP contribution < -0.4 is 0 Å².